The van der Waals surface area contributed by atoms with Crippen LogP contribution in [0, 0.1) is 6.92 Å². The van der Waals surface area contributed by atoms with Gasteiger partial charge in [0.2, 0.25) is 5.91 Å². The Balaban J connectivity index is 2.18. The minimum Gasteiger partial charge on any atom is -0.359 e. The van der Waals surface area contributed by atoms with Gasteiger partial charge in [0.05, 0.1) is 17.8 Å². The molecule has 1 saturated heterocycles. The molecule has 1 fully saturated rings. The maximum Gasteiger partial charge on any atom is 0.239 e. The number of amides is 1. The highest BCUT2D eigenvalue weighted by atomic mass is 16.5. The number of aromatic nitrogens is 1. The van der Waals surface area contributed by atoms with Gasteiger partial charge in [0.15, 0.2) is 5.76 Å². The van der Waals surface area contributed by atoms with Crippen LogP contribution in [0.3, 0.4) is 0 Å². The van der Waals surface area contributed by atoms with Gasteiger partial charge >= 0.3 is 0 Å². The van der Waals surface area contributed by atoms with Crippen LogP contribution in [0.2, 0.25) is 0 Å². The lowest BCUT2D eigenvalue weighted by Crippen LogP contribution is -2.41. The molecule has 1 aliphatic rings. The number of hydrogen-bond acceptors (Lipinski definition) is 4. The van der Waals surface area contributed by atoms with Crippen LogP contribution in [-0.4, -0.2) is 28.6 Å². The van der Waals surface area contributed by atoms with Crippen molar-refractivity contribution in [2.45, 2.75) is 38.8 Å². The molecule has 0 saturated carbocycles. The topological polar surface area (TPSA) is 72.4 Å². The summed E-state index contributed by atoms with van der Waals surface area (Å²) in [5.41, 5.74) is 6.47. The summed E-state index contributed by atoms with van der Waals surface area (Å²) >= 11 is 0. The van der Waals surface area contributed by atoms with E-state index >= 15 is 0 Å². The second-order valence-corrected chi connectivity index (χ2v) is 4.35. The molecule has 16 heavy (non-hydrogen) atoms. The standard InChI is InChI=1S/C11H17N3O2/c1-7-6-10(16-13-7)9-4-3-5-14(9)11(15)8(2)12/h6,8-9H,3-5,12H2,1-2H3/t8-,9?/m1/s1. The van der Waals surface area contributed by atoms with Crippen LogP contribution in [0.25, 0.3) is 0 Å². The van der Waals surface area contributed by atoms with E-state index in [4.69, 9.17) is 10.3 Å². The van der Waals surface area contributed by atoms with E-state index in [9.17, 15) is 4.79 Å². The van der Waals surface area contributed by atoms with Crippen molar-refractivity contribution < 1.29 is 9.32 Å². The molecule has 2 N–H and O–H groups in total. The molecular weight excluding hydrogens is 206 g/mol. The van der Waals surface area contributed by atoms with E-state index in [0.717, 1.165) is 30.8 Å². The Morgan fingerprint density at radius 3 is 3.06 bits per heavy atom. The molecular formula is C11H17N3O2. The first-order valence-electron chi connectivity index (χ1n) is 5.59. The molecule has 1 aliphatic heterocycles. The Labute approximate surface area is 94.6 Å². The van der Waals surface area contributed by atoms with Gasteiger partial charge in [0.1, 0.15) is 0 Å². The Hall–Kier alpha value is -1.36. The van der Waals surface area contributed by atoms with Gasteiger partial charge in [-0.1, -0.05) is 5.16 Å². The van der Waals surface area contributed by atoms with E-state index in [1.165, 1.54) is 0 Å². The zero-order valence-corrected chi connectivity index (χ0v) is 9.64. The van der Waals surface area contributed by atoms with E-state index in [0.29, 0.717) is 0 Å². The summed E-state index contributed by atoms with van der Waals surface area (Å²) in [6.45, 7) is 4.34. The lowest BCUT2D eigenvalue weighted by Gasteiger charge is -2.24. The van der Waals surface area contributed by atoms with Gasteiger partial charge < -0.3 is 15.2 Å². The zero-order chi connectivity index (χ0) is 11.7. The van der Waals surface area contributed by atoms with Gasteiger partial charge in [0, 0.05) is 12.6 Å². The average molecular weight is 223 g/mol. The first-order chi connectivity index (χ1) is 7.59. The number of nitrogens with zero attached hydrogens (tertiary/aromatic N) is 2. The van der Waals surface area contributed by atoms with Gasteiger partial charge in [-0.2, -0.15) is 0 Å². The Morgan fingerprint density at radius 2 is 2.50 bits per heavy atom. The second-order valence-electron chi connectivity index (χ2n) is 4.35. The predicted molar refractivity (Wildman–Crippen MR) is 58.6 cm³/mol. The molecule has 1 aromatic rings. The van der Waals surface area contributed by atoms with Crippen molar-refractivity contribution in [1.82, 2.24) is 10.1 Å². The van der Waals surface area contributed by atoms with Gasteiger partial charge in [0.25, 0.3) is 0 Å². The highest BCUT2D eigenvalue weighted by Gasteiger charge is 2.33. The van der Waals surface area contributed by atoms with Crippen LogP contribution in [-0.2, 0) is 4.79 Å². The van der Waals surface area contributed by atoms with Crippen molar-refractivity contribution in [3.63, 3.8) is 0 Å². The molecule has 1 aromatic heterocycles. The summed E-state index contributed by atoms with van der Waals surface area (Å²) in [6.07, 6.45) is 1.91. The summed E-state index contributed by atoms with van der Waals surface area (Å²) in [4.78, 5) is 13.7. The minimum atomic E-state index is -0.454. The Kier molecular flexibility index (Phi) is 2.96. The third-order valence-corrected chi connectivity index (χ3v) is 2.90. The fourth-order valence-electron chi connectivity index (χ4n) is 2.13. The molecule has 2 atom stereocenters. The lowest BCUT2D eigenvalue weighted by molar-refractivity contribution is -0.133. The maximum absolute atomic E-state index is 11.9. The number of hydrogen-bond donors (Lipinski definition) is 1. The third-order valence-electron chi connectivity index (χ3n) is 2.90. The molecule has 1 amide bonds. The average Bonchev–Trinajstić information content (AvgIpc) is 2.83. The quantitative estimate of drug-likeness (QED) is 0.811. The van der Waals surface area contributed by atoms with Crippen molar-refractivity contribution in [3.05, 3.63) is 17.5 Å². The summed E-state index contributed by atoms with van der Waals surface area (Å²) in [7, 11) is 0. The van der Waals surface area contributed by atoms with Crippen molar-refractivity contribution in [1.29, 1.82) is 0 Å². The number of carbonyl (C=O) groups excluding carboxylic acids is 1. The fourth-order valence-corrected chi connectivity index (χ4v) is 2.13. The first kappa shape index (κ1) is 11.1. The van der Waals surface area contributed by atoms with Crippen molar-refractivity contribution in [2.75, 3.05) is 6.54 Å². The Bertz CT molecular complexity index is 386. The summed E-state index contributed by atoms with van der Waals surface area (Å²) in [5, 5.41) is 3.86. The third kappa shape index (κ3) is 1.95. The highest BCUT2D eigenvalue weighted by molar-refractivity contribution is 5.81. The number of nitrogens with two attached hydrogens (primary N) is 1. The van der Waals surface area contributed by atoms with Gasteiger partial charge in [-0.15, -0.1) is 0 Å². The van der Waals surface area contributed by atoms with Gasteiger partial charge in [-0.05, 0) is 26.7 Å². The normalized spacial score (nSPS) is 22.4. The first-order valence-corrected chi connectivity index (χ1v) is 5.59. The van der Waals surface area contributed by atoms with E-state index in [-0.39, 0.29) is 11.9 Å². The van der Waals surface area contributed by atoms with Crippen molar-refractivity contribution in [3.8, 4) is 0 Å². The fraction of sp³-hybridized carbons (Fsp3) is 0.636. The molecule has 0 aliphatic carbocycles. The summed E-state index contributed by atoms with van der Waals surface area (Å²) < 4.78 is 5.22. The molecule has 2 heterocycles. The van der Waals surface area contributed by atoms with Crippen LogP contribution >= 0.6 is 0 Å². The minimum absolute atomic E-state index is 0.0136. The monoisotopic (exact) mass is 223 g/mol. The second kappa shape index (κ2) is 4.25. The van der Waals surface area contributed by atoms with Crippen LogP contribution in [0.15, 0.2) is 10.6 Å². The lowest BCUT2D eigenvalue weighted by atomic mass is 10.1. The van der Waals surface area contributed by atoms with E-state index in [1.54, 1.807) is 11.8 Å². The molecule has 1 unspecified atom stereocenters. The van der Waals surface area contributed by atoms with Crippen LogP contribution in [0.4, 0.5) is 0 Å². The number of likely N-dealkylation sites (tertiary alicyclic amines) is 1. The number of aryl methyl sites for hydroxylation is 1. The van der Waals surface area contributed by atoms with Crippen LogP contribution in [0.5, 0.6) is 0 Å². The Morgan fingerprint density at radius 1 is 1.75 bits per heavy atom. The SMILES string of the molecule is Cc1cc(C2CCCN2C(=O)[C@@H](C)N)on1. The van der Waals surface area contributed by atoms with Crippen molar-refractivity contribution >= 4 is 5.91 Å². The zero-order valence-electron chi connectivity index (χ0n) is 9.64. The highest BCUT2D eigenvalue weighted by Crippen LogP contribution is 2.32. The number of rotatable bonds is 2. The largest absolute Gasteiger partial charge is 0.359 e. The predicted octanol–water partition coefficient (Wildman–Crippen LogP) is 0.994. The molecule has 2 rings (SSSR count). The van der Waals surface area contributed by atoms with E-state index in [2.05, 4.69) is 5.16 Å². The molecule has 88 valence electrons. The number of carbonyl (C=O) groups is 1. The molecule has 0 spiro atoms. The van der Waals surface area contributed by atoms with E-state index in [1.807, 2.05) is 13.0 Å². The maximum atomic E-state index is 11.9. The molecule has 0 radical (unpaired) electrons. The summed E-state index contributed by atoms with van der Waals surface area (Å²) in [6, 6.07) is 1.45. The summed E-state index contributed by atoms with van der Waals surface area (Å²) in [5.74, 6) is 0.751. The molecule has 5 nitrogen and oxygen atoms in total. The van der Waals surface area contributed by atoms with Crippen LogP contribution in [0.1, 0.15) is 37.3 Å². The molecule has 0 bridgehead atoms. The van der Waals surface area contributed by atoms with Crippen LogP contribution < -0.4 is 5.73 Å². The van der Waals surface area contributed by atoms with Gasteiger partial charge in [-0.3, -0.25) is 4.79 Å². The van der Waals surface area contributed by atoms with Crippen molar-refractivity contribution in [2.24, 2.45) is 5.73 Å². The van der Waals surface area contributed by atoms with E-state index < -0.39 is 6.04 Å². The molecule has 5 heteroatoms. The molecule has 0 aromatic carbocycles. The van der Waals surface area contributed by atoms with Gasteiger partial charge in [-0.25, -0.2) is 0 Å². The smallest absolute Gasteiger partial charge is 0.239 e.